The summed E-state index contributed by atoms with van der Waals surface area (Å²) in [6.07, 6.45) is 1.91. The molecule has 2 saturated heterocycles. The first-order chi connectivity index (χ1) is 14.8. The number of benzene rings is 2. The Kier molecular flexibility index (Phi) is 5.73. The molecule has 0 spiro atoms. The molecule has 30 heavy (non-hydrogen) atoms. The molecular weight excluding hydrogens is 374 g/mol. The maximum atomic E-state index is 13.5. The van der Waals surface area contributed by atoms with Gasteiger partial charge in [0.1, 0.15) is 0 Å². The topological polar surface area (TPSA) is 36.0 Å². The van der Waals surface area contributed by atoms with Gasteiger partial charge in [-0.3, -0.25) is 9.69 Å². The number of hydrogen-bond donors (Lipinski definition) is 0. The van der Waals surface area contributed by atoms with Crippen molar-refractivity contribution in [3.05, 3.63) is 65.7 Å². The molecule has 2 atom stereocenters. The van der Waals surface area contributed by atoms with Gasteiger partial charge >= 0.3 is 0 Å². The third-order valence-electron chi connectivity index (χ3n) is 6.91. The summed E-state index contributed by atoms with van der Waals surface area (Å²) < 4.78 is 5.48. The molecule has 0 radical (unpaired) electrons. The fourth-order valence-electron chi connectivity index (χ4n) is 5.25. The molecular formula is C25H31N3O2. The van der Waals surface area contributed by atoms with Crippen LogP contribution < -0.4 is 4.90 Å². The Morgan fingerprint density at radius 1 is 0.933 bits per heavy atom. The Morgan fingerprint density at radius 2 is 1.70 bits per heavy atom. The van der Waals surface area contributed by atoms with Crippen molar-refractivity contribution >= 4 is 11.6 Å². The highest BCUT2D eigenvalue weighted by molar-refractivity contribution is 5.82. The van der Waals surface area contributed by atoms with Crippen LogP contribution >= 0.6 is 0 Å². The van der Waals surface area contributed by atoms with Crippen LogP contribution in [0.2, 0.25) is 0 Å². The van der Waals surface area contributed by atoms with E-state index in [4.69, 9.17) is 4.74 Å². The summed E-state index contributed by atoms with van der Waals surface area (Å²) >= 11 is 0. The second-order valence-electron chi connectivity index (χ2n) is 8.67. The van der Waals surface area contributed by atoms with Crippen LogP contribution in [-0.2, 0) is 22.4 Å². The Hall–Kier alpha value is -2.37. The van der Waals surface area contributed by atoms with Gasteiger partial charge in [-0.15, -0.1) is 0 Å². The summed E-state index contributed by atoms with van der Waals surface area (Å²) in [6, 6.07) is 19.6. The van der Waals surface area contributed by atoms with Crippen LogP contribution in [0, 0.1) is 5.92 Å². The second-order valence-corrected chi connectivity index (χ2v) is 8.67. The van der Waals surface area contributed by atoms with E-state index in [0.717, 1.165) is 52.1 Å². The van der Waals surface area contributed by atoms with Gasteiger partial charge in [0, 0.05) is 45.0 Å². The Balaban J connectivity index is 1.34. The lowest BCUT2D eigenvalue weighted by molar-refractivity contribution is -0.141. The minimum atomic E-state index is 0.0255. The van der Waals surface area contributed by atoms with Crippen molar-refractivity contribution in [2.24, 2.45) is 5.92 Å². The average Bonchev–Trinajstić information content (AvgIpc) is 2.83. The molecule has 5 heteroatoms. The van der Waals surface area contributed by atoms with Gasteiger partial charge < -0.3 is 14.5 Å². The van der Waals surface area contributed by atoms with Gasteiger partial charge in [0.15, 0.2) is 0 Å². The average molecular weight is 406 g/mol. The van der Waals surface area contributed by atoms with Crippen molar-refractivity contribution in [2.75, 3.05) is 57.4 Å². The summed E-state index contributed by atoms with van der Waals surface area (Å²) in [4.78, 5) is 20.6. The number of ether oxygens (including phenoxy) is 1. The molecule has 5 rings (SSSR count). The molecule has 0 aliphatic carbocycles. The van der Waals surface area contributed by atoms with Gasteiger partial charge in [-0.2, -0.15) is 0 Å². The van der Waals surface area contributed by atoms with E-state index in [0.29, 0.717) is 19.1 Å². The fraction of sp³-hybridized carbons (Fsp3) is 0.480. The van der Waals surface area contributed by atoms with E-state index < -0.39 is 0 Å². The van der Waals surface area contributed by atoms with Crippen LogP contribution in [0.4, 0.5) is 5.69 Å². The van der Waals surface area contributed by atoms with Crippen molar-refractivity contribution in [2.45, 2.75) is 18.9 Å². The molecule has 3 aliphatic heterocycles. The number of morpholine rings is 1. The van der Waals surface area contributed by atoms with E-state index in [-0.39, 0.29) is 12.0 Å². The highest BCUT2D eigenvalue weighted by Gasteiger charge is 2.42. The molecule has 2 fully saturated rings. The van der Waals surface area contributed by atoms with Crippen LogP contribution in [0.1, 0.15) is 11.1 Å². The van der Waals surface area contributed by atoms with Crippen LogP contribution in [0.15, 0.2) is 54.6 Å². The number of rotatable bonds is 4. The first kappa shape index (κ1) is 19.6. The van der Waals surface area contributed by atoms with E-state index in [1.165, 1.54) is 16.8 Å². The van der Waals surface area contributed by atoms with Crippen molar-refractivity contribution in [3.8, 4) is 0 Å². The molecule has 0 bridgehead atoms. The first-order valence-electron chi connectivity index (χ1n) is 11.3. The molecule has 2 unspecified atom stereocenters. The Morgan fingerprint density at radius 3 is 2.53 bits per heavy atom. The monoisotopic (exact) mass is 405 g/mol. The van der Waals surface area contributed by atoms with Gasteiger partial charge in [0.05, 0.1) is 25.2 Å². The largest absolute Gasteiger partial charge is 0.378 e. The molecule has 0 aromatic heterocycles. The zero-order chi connectivity index (χ0) is 20.3. The van der Waals surface area contributed by atoms with Crippen molar-refractivity contribution in [1.82, 2.24) is 9.80 Å². The lowest BCUT2D eigenvalue weighted by Gasteiger charge is -2.50. The minimum Gasteiger partial charge on any atom is -0.378 e. The quantitative estimate of drug-likeness (QED) is 0.783. The molecule has 1 amide bonds. The lowest BCUT2D eigenvalue weighted by Crippen LogP contribution is -2.62. The molecule has 5 nitrogen and oxygen atoms in total. The van der Waals surface area contributed by atoms with Crippen LogP contribution in [0.3, 0.4) is 0 Å². The third kappa shape index (κ3) is 3.96. The minimum absolute atomic E-state index is 0.0255. The van der Waals surface area contributed by atoms with E-state index in [2.05, 4.69) is 64.4 Å². The molecule has 2 aromatic rings. The number of nitrogens with zero attached hydrogens (tertiary/aromatic N) is 3. The smallest absolute Gasteiger partial charge is 0.228 e. The summed E-state index contributed by atoms with van der Waals surface area (Å²) in [5.41, 5.74) is 4.03. The van der Waals surface area contributed by atoms with Gasteiger partial charge in [-0.05, 0) is 30.0 Å². The summed E-state index contributed by atoms with van der Waals surface area (Å²) in [5, 5.41) is 0. The van der Waals surface area contributed by atoms with Crippen LogP contribution in [-0.4, -0.2) is 74.2 Å². The molecule has 3 aliphatic rings. The van der Waals surface area contributed by atoms with E-state index in [9.17, 15) is 4.79 Å². The maximum Gasteiger partial charge on any atom is 0.228 e. The molecule has 158 valence electrons. The third-order valence-corrected chi connectivity index (χ3v) is 6.91. The molecule has 2 aromatic carbocycles. The molecule has 3 heterocycles. The summed E-state index contributed by atoms with van der Waals surface area (Å²) in [6.45, 7) is 6.82. The van der Waals surface area contributed by atoms with Gasteiger partial charge in [-0.25, -0.2) is 0 Å². The van der Waals surface area contributed by atoms with Crippen LogP contribution in [0.25, 0.3) is 0 Å². The highest BCUT2D eigenvalue weighted by Crippen LogP contribution is 2.36. The highest BCUT2D eigenvalue weighted by atomic mass is 16.5. The van der Waals surface area contributed by atoms with Crippen molar-refractivity contribution in [3.63, 3.8) is 0 Å². The van der Waals surface area contributed by atoms with Crippen molar-refractivity contribution in [1.29, 1.82) is 0 Å². The Bertz CT molecular complexity index is 866. The van der Waals surface area contributed by atoms with Crippen LogP contribution in [0.5, 0.6) is 0 Å². The lowest BCUT2D eigenvalue weighted by atomic mass is 9.83. The number of carbonyl (C=O) groups excluding carboxylic acids is 1. The SMILES string of the molecule is O=C(C1Cc2ccccc2N2CCN(CCc3ccccc3)CC12)N1CCOCC1. The summed E-state index contributed by atoms with van der Waals surface area (Å²) in [7, 11) is 0. The zero-order valence-corrected chi connectivity index (χ0v) is 17.6. The first-order valence-corrected chi connectivity index (χ1v) is 11.3. The number of hydrogen-bond acceptors (Lipinski definition) is 4. The van der Waals surface area contributed by atoms with E-state index in [1.54, 1.807) is 0 Å². The fourth-order valence-corrected chi connectivity index (χ4v) is 5.25. The number of anilines is 1. The molecule has 0 N–H and O–H groups in total. The number of piperazine rings is 1. The predicted octanol–water partition coefficient (Wildman–Crippen LogP) is 2.45. The number of carbonyl (C=O) groups is 1. The number of fused-ring (bicyclic) bond motifs is 3. The van der Waals surface area contributed by atoms with Crippen molar-refractivity contribution < 1.29 is 9.53 Å². The zero-order valence-electron chi connectivity index (χ0n) is 17.6. The maximum absolute atomic E-state index is 13.5. The van der Waals surface area contributed by atoms with E-state index >= 15 is 0 Å². The summed E-state index contributed by atoms with van der Waals surface area (Å²) in [5.74, 6) is 0.338. The van der Waals surface area contributed by atoms with E-state index in [1.807, 2.05) is 4.90 Å². The standard InChI is InChI=1S/C25H31N3O2/c29-25(27-14-16-30-17-15-27)22-18-21-8-4-5-9-23(21)28-13-12-26(19-24(22)28)11-10-20-6-2-1-3-7-20/h1-9,22,24H,10-19H2. The number of para-hydroxylation sites is 1. The Labute approximate surface area is 179 Å². The predicted molar refractivity (Wildman–Crippen MR) is 119 cm³/mol. The number of amides is 1. The van der Waals surface area contributed by atoms with Gasteiger partial charge in [0.2, 0.25) is 5.91 Å². The molecule has 0 saturated carbocycles. The van der Waals surface area contributed by atoms with Gasteiger partial charge in [0.25, 0.3) is 0 Å². The second kappa shape index (κ2) is 8.78. The normalized spacial score (nSPS) is 24.3. The van der Waals surface area contributed by atoms with Gasteiger partial charge in [-0.1, -0.05) is 48.5 Å².